The molecule has 1 aliphatic heterocycles. The number of carbonyl (C=O) groups is 1. The molecule has 0 bridgehead atoms. The number of rotatable bonds is 2. The molecule has 4 nitrogen and oxygen atoms in total. The Morgan fingerprint density at radius 3 is 2.62 bits per heavy atom. The van der Waals surface area contributed by atoms with E-state index in [9.17, 15) is 13.6 Å². The Morgan fingerprint density at radius 2 is 1.72 bits per heavy atom. The zero-order valence-corrected chi connectivity index (χ0v) is 17.6. The summed E-state index contributed by atoms with van der Waals surface area (Å²) < 4.78 is 28.4. The normalized spacial score (nSPS) is 13.1. The van der Waals surface area contributed by atoms with E-state index in [-0.39, 0.29) is 6.03 Å². The number of hydrogen-bond acceptors (Lipinski definition) is 2. The maximum absolute atomic E-state index is 13.7. The van der Waals surface area contributed by atoms with E-state index in [0.717, 1.165) is 34.4 Å². The van der Waals surface area contributed by atoms with E-state index in [0.29, 0.717) is 29.7 Å². The molecule has 0 aliphatic carbocycles. The van der Waals surface area contributed by atoms with Gasteiger partial charge >= 0.3 is 6.03 Å². The minimum absolute atomic E-state index is 0.284. The quantitative estimate of drug-likeness (QED) is 0.306. The topological polar surface area (TPSA) is 48.1 Å². The third-order valence-electron chi connectivity index (χ3n) is 5.97. The summed E-state index contributed by atoms with van der Waals surface area (Å²) in [5.41, 5.74) is 5.33. The molecule has 0 radical (unpaired) electrons. The summed E-state index contributed by atoms with van der Waals surface area (Å²) in [5.74, 6) is -1.88. The molecular formula is C25H17F2N3OS. The maximum Gasteiger partial charge on any atom is 0.322 e. The lowest BCUT2D eigenvalue weighted by molar-refractivity contribution is 0.212. The number of fused-ring (bicyclic) bond motifs is 3. The average molecular weight is 445 g/mol. The first-order valence-corrected chi connectivity index (χ1v) is 11.0. The fourth-order valence-corrected chi connectivity index (χ4v) is 5.05. The Hall–Kier alpha value is -3.71. The molecular weight excluding hydrogens is 428 g/mol. The third kappa shape index (κ3) is 3.13. The number of nitrogens with one attached hydrogen (secondary N) is 2. The molecule has 0 saturated heterocycles. The van der Waals surface area contributed by atoms with Crippen LogP contribution in [0.25, 0.3) is 32.1 Å². The van der Waals surface area contributed by atoms with Gasteiger partial charge in [-0.15, -0.1) is 11.3 Å². The van der Waals surface area contributed by atoms with Gasteiger partial charge in [0.2, 0.25) is 0 Å². The summed E-state index contributed by atoms with van der Waals surface area (Å²) in [5, 5.41) is 6.57. The van der Waals surface area contributed by atoms with Gasteiger partial charge in [-0.25, -0.2) is 13.6 Å². The lowest BCUT2D eigenvalue weighted by Gasteiger charge is -2.16. The Labute approximate surface area is 186 Å². The number of H-pyrrole nitrogens is 1. The van der Waals surface area contributed by atoms with Crippen molar-refractivity contribution in [3.05, 3.63) is 88.9 Å². The lowest BCUT2D eigenvalue weighted by atomic mass is 10.00. The number of carbonyl (C=O) groups excluding carboxylic acids is 1. The van der Waals surface area contributed by atoms with E-state index in [1.54, 1.807) is 22.4 Å². The van der Waals surface area contributed by atoms with Crippen molar-refractivity contribution < 1.29 is 13.6 Å². The predicted molar refractivity (Wildman–Crippen MR) is 124 cm³/mol. The summed E-state index contributed by atoms with van der Waals surface area (Å²) >= 11 is 1.73. The minimum Gasteiger partial charge on any atom is -0.359 e. The van der Waals surface area contributed by atoms with Crippen LogP contribution in [-0.2, 0) is 13.1 Å². The summed E-state index contributed by atoms with van der Waals surface area (Å²) in [6.07, 6.45) is 1.54. The van der Waals surface area contributed by atoms with Crippen molar-refractivity contribution in [2.45, 2.75) is 13.1 Å². The zero-order chi connectivity index (χ0) is 21.8. The Bertz CT molecular complexity index is 1520. The lowest BCUT2D eigenvalue weighted by Crippen LogP contribution is -2.30. The maximum atomic E-state index is 13.7. The molecule has 2 amide bonds. The van der Waals surface area contributed by atoms with E-state index in [4.69, 9.17) is 0 Å². The molecule has 6 rings (SSSR count). The highest BCUT2D eigenvalue weighted by atomic mass is 32.1. The number of benzene rings is 3. The Balaban J connectivity index is 1.23. The Kier molecular flexibility index (Phi) is 4.26. The highest BCUT2D eigenvalue weighted by molar-refractivity contribution is 7.17. The fourth-order valence-electron chi connectivity index (χ4n) is 4.28. The molecule has 0 fully saturated rings. The molecule has 158 valence electrons. The number of amides is 2. The van der Waals surface area contributed by atoms with Crippen molar-refractivity contribution in [3.8, 4) is 11.1 Å². The molecule has 0 saturated carbocycles. The summed E-state index contributed by atoms with van der Waals surface area (Å²) in [6.45, 7) is 0.984. The first-order valence-electron chi connectivity index (χ1n) is 10.2. The highest BCUT2D eigenvalue weighted by Crippen LogP contribution is 2.32. The number of hydrogen-bond donors (Lipinski definition) is 2. The van der Waals surface area contributed by atoms with Gasteiger partial charge in [0.25, 0.3) is 0 Å². The van der Waals surface area contributed by atoms with Gasteiger partial charge in [0, 0.05) is 35.4 Å². The standard InChI is InChI=1S/C25H17F2N3OS/c26-20-9-19-22(10-21(20)27)28-11-23(19)29-25(31)30-12-17-2-1-14(8-18(17)13-30)15-3-4-24-16(7-15)5-6-32-24/h1-11,28H,12-13H2,(H,29,31). The first kappa shape index (κ1) is 19.0. The van der Waals surface area contributed by atoms with E-state index < -0.39 is 11.6 Å². The molecule has 32 heavy (non-hydrogen) atoms. The number of thiophene rings is 1. The number of aromatic nitrogens is 1. The van der Waals surface area contributed by atoms with Gasteiger partial charge in [-0.3, -0.25) is 0 Å². The predicted octanol–water partition coefficient (Wildman–Crippen LogP) is 6.88. The second-order valence-electron chi connectivity index (χ2n) is 7.96. The molecule has 7 heteroatoms. The summed E-state index contributed by atoms with van der Waals surface area (Å²) in [6, 6.07) is 16.8. The Morgan fingerprint density at radius 1 is 0.938 bits per heavy atom. The van der Waals surface area contributed by atoms with Crippen molar-refractivity contribution in [2.75, 3.05) is 5.32 Å². The van der Waals surface area contributed by atoms with Crippen LogP contribution < -0.4 is 5.32 Å². The smallest absolute Gasteiger partial charge is 0.322 e. The van der Waals surface area contributed by atoms with Crippen LogP contribution in [0.1, 0.15) is 11.1 Å². The SMILES string of the molecule is O=C(Nc1c[nH]c2cc(F)c(F)cc12)N1Cc2ccc(-c3ccc4sccc4c3)cc2C1. The van der Waals surface area contributed by atoms with Gasteiger partial charge in [0.05, 0.1) is 11.2 Å². The van der Waals surface area contributed by atoms with E-state index in [1.165, 1.54) is 10.1 Å². The highest BCUT2D eigenvalue weighted by Gasteiger charge is 2.24. The molecule has 0 atom stereocenters. The van der Waals surface area contributed by atoms with Crippen LogP contribution in [0.2, 0.25) is 0 Å². The van der Waals surface area contributed by atoms with Crippen molar-refractivity contribution >= 4 is 44.0 Å². The monoisotopic (exact) mass is 445 g/mol. The number of anilines is 1. The minimum atomic E-state index is -0.950. The van der Waals surface area contributed by atoms with Gasteiger partial charge in [-0.1, -0.05) is 18.2 Å². The fraction of sp³-hybridized carbons (Fsp3) is 0.0800. The molecule has 1 aliphatic rings. The van der Waals surface area contributed by atoms with Crippen molar-refractivity contribution in [2.24, 2.45) is 0 Å². The molecule has 2 aromatic heterocycles. The summed E-state index contributed by atoms with van der Waals surface area (Å²) in [7, 11) is 0. The van der Waals surface area contributed by atoms with Crippen LogP contribution >= 0.6 is 11.3 Å². The van der Waals surface area contributed by atoms with Crippen molar-refractivity contribution in [1.29, 1.82) is 0 Å². The van der Waals surface area contributed by atoms with Crippen LogP contribution in [0.3, 0.4) is 0 Å². The third-order valence-corrected chi connectivity index (χ3v) is 6.86. The molecule has 3 aromatic carbocycles. The van der Waals surface area contributed by atoms with Crippen molar-refractivity contribution in [1.82, 2.24) is 9.88 Å². The van der Waals surface area contributed by atoms with Gasteiger partial charge < -0.3 is 15.2 Å². The average Bonchev–Trinajstić information content (AvgIpc) is 3.52. The second kappa shape index (κ2) is 7.17. The molecule has 3 heterocycles. The largest absolute Gasteiger partial charge is 0.359 e. The van der Waals surface area contributed by atoms with E-state index >= 15 is 0 Å². The van der Waals surface area contributed by atoms with Gasteiger partial charge in [0.15, 0.2) is 11.6 Å². The van der Waals surface area contributed by atoms with Gasteiger partial charge in [-0.05, 0) is 63.4 Å². The van der Waals surface area contributed by atoms with E-state index in [1.807, 2.05) is 0 Å². The first-order chi connectivity index (χ1) is 15.5. The number of urea groups is 1. The number of aromatic amines is 1. The van der Waals surface area contributed by atoms with Crippen molar-refractivity contribution in [3.63, 3.8) is 0 Å². The van der Waals surface area contributed by atoms with Crippen LogP contribution in [0.5, 0.6) is 0 Å². The zero-order valence-electron chi connectivity index (χ0n) is 16.8. The molecule has 0 unspecified atom stereocenters. The number of halogens is 2. The second-order valence-corrected chi connectivity index (χ2v) is 8.90. The molecule has 0 spiro atoms. The van der Waals surface area contributed by atoms with E-state index in [2.05, 4.69) is 58.1 Å². The van der Waals surface area contributed by atoms with Crippen LogP contribution in [0.15, 0.2) is 66.2 Å². The van der Waals surface area contributed by atoms with Crippen LogP contribution in [0, 0.1) is 11.6 Å². The van der Waals surface area contributed by atoms with Crippen LogP contribution in [0.4, 0.5) is 19.3 Å². The van der Waals surface area contributed by atoms with Gasteiger partial charge in [0.1, 0.15) is 0 Å². The molecule has 2 N–H and O–H groups in total. The van der Waals surface area contributed by atoms with Gasteiger partial charge in [-0.2, -0.15) is 0 Å². The summed E-state index contributed by atoms with van der Waals surface area (Å²) in [4.78, 5) is 17.5. The molecule has 5 aromatic rings. The number of nitrogens with zero attached hydrogens (tertiary/aromatic N) is 1. The van der Waals surface area contributed by atoms with Crippen LogP contribution in [-0.4, -0.2) is 15.9 Å².